The number of esters is 1. The van der Waals surface area contributed by atoms with Gasteiger partial charge < -0.3 is 15.2 Å². The number of carbonyl (C=O) groups excluding carboxylic acids is 1. The average molecular weight is 330 g/mol. The smallest absolute Gasteiger partial charge is 0.322 e. The van der Waals surface area contributed by atoms with E-state index in [-0.39, 0.29) is 5.97 Å². The summed E-state index contributed by atoms with van der Waals surface area (Å²) in [6.45, 7) is 2.87. The van der Waals surface area contributed by atoms with Gasteiger partial charge in [0.15, 0.2) is 0 Å². The van der Waals surface area contributed by atoms with Gasteiger partial charge in [-0.25, -0.2) is 0 Å². The molecule has 116 valence electrons. The van der Waals surface area contributed by atoms with Gasteiger partial charge in [0.1, 0.15) is 11.8 Å². The minimum atomic E-state index is -0.543. The number of hydrogen-bond donors (Lipinski definition) is 1. The molecule has 1 aromatic carbocycles. The summed E-state index contributed by atoms with van der Waals surface area (Å²) in [4.78, 5) is 11.4. The molecule has 0 saturated heterocycles. The van der Waals surface area contributed by atoms with Crippen molar-refractivity contribution >= 4 is 29.3 Å². The molecule has 1 atom stereocenters. The van der Waals surface area contributed by atoms with Gasteiger partial charge in [-0.3, -0.25) is 4.79 Å². The number of rotatable bonds is 7. The summed E-state index contributed by atoms with van der Waals surface area (Å²) in [6.07, 6.45) is 1.52. The maximum Gasteiger partial charge on any atom is 0.322 e. The SMILES string of the molecule is CCOC(=O)C(N)CCSCc1cc(Cl)cc2c1OCC2. The molecule has 0 spiro atoms. The van der Waals surface area contributed by atoms with Crippen molar-refractivity contribution in [1.82, 2.24) is 0 Å². The van der Waals surface area contributed by atoms with E-state index in [1.807, 2.05) is 12.1 Å². The Hall–Kier alpha value is -0.910. The summed E-state index contributed by atoms with van der Waals surface area (Å²) in [5, 5.41) is 0.748. The Bertz CT molecular complexity index is 510. The Morgan fingerprint density at radius 1 is 1.57 bits per heavy atom. The maximum atomic E-state index is 11.4. The van der Waals surface area contributed by atoms with Crippen molar-refractivity contribution in [2.75, 3.05) is 19.0 Å². The molecule has 2 rings (SSSR count). The minimum absolute atomic E-state index is 0.329. The van der Waals surface area contributed by atoms with Crippen molar-refractivity contribution in [1.29, 1.82) is 0 Å². The third-order valence-electron chi connectivity index (χ3n) is 3.25. The molecule has 1 aromatic rings. The second-order valence-electron chi connectivity index (χ2n) is 4.85. The molecule has 1 aliphatic rings. The van der Waals surface area contributed by atoms with Crippen LogP contribution in [0, 0.1) is 0 Å². The van der Waals surface area contributed by atoms with Gasteiger partial charge in [0.2, 0.25) is 0 Å². The molecule has 21 heavy (non-hydrogen) atoms. The van der Waals surface area contributed by atoms with E-state index in [0.29, 0.717) is 13.0 Å². The zero-order chi connectivity index (χ0) is 15.2. The van der Waals surface area contributed by atoms with Gasteiger partial charge in [0, 0.05) is 22.8 Å². The molecule has 0 radical (unpaired) electrons. The lowest BCUT2D eigenvalue weighted by molar-refractivity contribution is -0.144. The van der Waals surface area contributed by atoms with Crippen LogP contribution < -0.4 is 10.5 Å². The van der Waals surface area contributed by atoms with Gasteiger partial charge in [-0.05, 0) is 36.8 Å². The van der Waals surface area contributed by atoms with E-state index in [1.54, 1.807) is 18.7 Å². The van der Waals surface area contributed by atoms with Crippen LogP contribution in [0.1, 0.15) is 24.5 Å². The van der Waals surface area contributed by atoms with Crippen LogP contribution in [0.25, 0.3) is 0 Å². The summed E-state index contributed by atoms with van der Waals surface area (Å²) < 4.78 is 10.5. The van der Waals surface area contributed by atoms with E-state index in [0.717, 1.165) is 40.9 Å². The van der Waals surface area contributed by atoms with E-state index in [2.05, 4.69) is 0 Å². The van der Waals surface area contributed by atoms with Gasteiger partial charge in [0.05, 0.1) is 13.2 Å². The van der Waals surface area contributed by atoms with Crippen LogP contribution in [0.3, 0.4) is 0 Å². The topological polar surface area (TPSA) is 61.5 Å². The molecule has 2 N–H and O–H groups in total. The summed E-state index contributed by atoms with van der Waals surface area (Å²) in [5.74, 6) is 2.24. The van der Waals surface area contributed by atoms with Crippen molar-refractivity contribution in [3.8, 4) is 5.75 Å². The molecule has 0 aromatic heterocycles. The fourth-order valence-corrected chi connectivity index (χ4v) is 3.48. The zero-order valence-electron chi connectivity index (χ0n) is 12.1. The van der Waals surface area contributed by atoms with E-state index < -0.39 is 6.04 Å². The van der Waals surface area contributed by atoms with Crippen molar-refractivity contribution in [2.24, 2.45) is 5.73 Å². The van der Waals surface area contributed by atoms with Crippen molar-refractivity contribution in [3.05, 3.63) is 28.3 Å². The van der Waals surface area contributed by atoms with Crippen LogP contribution in [0.2, 0.25) is 5.02 Å². The van der Waals surface area contributed by atoms with Gasteiger partial charge in [-0.15, -0.1) is 0 Å². The standard InChI is InChI=1S/C15H20ClNO3S/c1-2-19-15(18)13(17)4-6-21-9-11-8-12(16)7-10-3-5-20-14(10)11/h7-8,13H,2-6,9,17H2,1H3. The van der Waals surface area contributed by atoms with Crippen LogP contribution in [-0.4, -0.2) is 31.0 Å². The minimum Gasteiger partial charge on any atom is -0.493 e. The number of fused-ring (bicyclic) bond motifs is 1. The molecule has 1 aliphatic heterocycles. The lowest BCUT2D eigenvalue weighted by Crippen LogP contribution is -2.32. The number of thioether (sulfide) groups is 1. The third kappa shape index (κ3) is 4.53. The van der Waals surface area contributed by atoms with Crippen molar-refractivity contribution in [3.63, 3.8) is 0 Å². The molecule has 0 bridgehead atoms. The highest BCUT2D eigenvalue weighted by Gasteiger charge is 2.18. The highest BCUT2D eigenvalue weighted by Crippen LogP contribution is 2.35. The number of hydrogen-bond acceptors (Lipinski definition) is 5. The van der Waals surface area contributed by atoms with E-state index in [4.69, 9.17) is 26.8 Å². The van der Waals surface area contributed by atoms with Crippen molar-refractivity contribution in [2.45, 2.75) is 31.6 Å². The monoisotopic (exact) mass is 329 g/mol. The quantitative estimate of drug-likeness (QED) is 0.615. The van der Waals surface area contributed by atoms with Crippen LogP contribution in [0.15, 0.2) is 12.1 Å². The fourth-order valence-electron chi connectivity index (χ4n) is 2.21. The molecule has 0 aliphatic carbocycles. The highest BCUT2D eigenvalue weighted by atomic mass is 35.5. The highest BCUT2D eigenvalue weighted by molar-refractivity contribution is 7.98. The number of nitrogens with two attached hydrogens (primary N) is 1. The maximum absolute atomic E-state index is 11.4. The Kier molecular flexibility index (Phi) is 6.21. The summed E-state index contributed by atoms with van der Waals surface area (Å²) in [5.41, 5.74) is 8.06. The first-order valence-corrected chi connectivity index (χ1v) is 8.59. The molecule has 0 amide bonds. The Labute approximate surface area is 134 Å². The van der Waals surface area contributed by atoms with Crippen LogP contribution in [0.5, 0.6) is 5.75 Å². The zero-order valence-corrected chi connectivity index (χ0v) is 13.6. The third-order valence-corrected chi connectivity index (χ3v) is 4.50. The largest absolute Gasteiger partial charge is 0.493 e. The van der Waals surface area contributed by atoms with Crippen molar-refractivity contribution < 1.29 is 14.3 Å². The first-order chi connectivity index (χ1) is 10.1. The molecular formula is C15H20ClNO3S. The van der Waals surface area contributed by atoms with E-state index in [9.17, 15) is 4.79 Å². The Morgan fingerprint density at radius 3 is 3.14 bits per heavy atom. The number of benzene rings is 1. The molecular weight excluding hydrogens is 310 g/mol. The molecule has 1 unspecified atom stereocenters. The Balaban J connectivity index is 1.81. The fraction of sp³-hybridized carbons (Fsp3) is 0.533. The predicted octanol–water partition coefficient (Wildman–Crippen LogP) is 2.79. The van der Waals surface area contributed by atoms with Gasteiger partial charge >= 0.3 is 5.97 Å². The number of carbonyl (C=O) groups is 1. The summed E-state index contributed by atoms with van der Waals surface area (Å²) in [6, 6.07) is 3.37. The Morgan fingerprint density at radius 2 is 2.38 bits per heavy atom. The average Bonchev–Trinajstić information content (AvgIpc) is 2.91. The molecule has 0 fully saturated rings. The molecule has 0 saturated carbocycles. The summed E-state index contributed by atoms with van der Waals surface area (Å²) >= 11 is 7.84. The van der Waals surface area contributed by atoms with Gasteiger partial charge in [-0.1, -0.05) is 11.6 Å². The molecule has 4 nitrogen and oxygen atoms in total. The normalized spacial score (nSPS) is 14.4. The van der Waals surface area contributed by atoms with Crippen LogP contribution >= 0.6 is 23.4 Å². The van der Waals surface area contributed by atoms with Gasteiger partial charge in [0.25, 0.3) is 0 Å². The number of ether oxygens (including phenoxy) is 2. The van der Waals surface area contributed by atoms with Crippen LogP contribution in [-0.2, 0) is 21.7 Å². The molecule has 6 heteroatoms. The lowest BCUT2D eigenvalue weighted by Gasteiger charge is -2.11. The lowest BCUT2D eigenvalue weighted by atomic mass is 10.1. The first-order valence-electron chi connectivity index (χ1n) is 7.06. The van der Waals surface area contributed by atoms with Crippen LogP contribution in [0.4, 0.5) is 0 Å². The molecule has 1 heterocycles. The van der Waals surface area contributed by atoms with Gasteiger partial charge in [-0.2, -0.15) is 11.8 Å². The number of halogens is 1. The second kappa shape index (κ2) is 7.92. The van der Waals surface area contributed by atoms with E-state index >= 15 is 0 Å². The predicted molar refractivity (Wildman–Crippen MR) is 86.0 cm³/mol. The second-order valence-corrected chi connectivity index (χ2v) is 6.39. The first kappa shape index (κ1) is 16.5. The summed E-state index contributed by atoms with van der Waals surface area (Å²) in [7, 11) is 0. The van der Waals surface area contributed by atoms with E-state index in [1.165, 1.54) is 5.56 Å².